The highest BCUT2D eigenvalue weighted by molar-refractivity contribution is 9.10. The van der Waals surface area contributed by atoms with Crippen LogP contribution in [0.5, 0.6) is 0 Å². The molecule has 26 heavy (non-hydrogen) atoms. The van der Waals surface area contributed by atoms with Crippen LogP contribution in [0.25, 0.3) is 0 Å². The number of rotatable bonds is 2. The number of hydrogen-bond acceptors (Lipinski definition) is 1. The van der Waals surface area contributed by atoms with Crippen LogP contribution in [0.3, 0.4) is 0 Å². The third-order valence-electron chi connectivity index (χ3n) is 2.96. The largest absolute Gasteiger partial charge is 0.422 e. The van der Waals surface area contributed by atoms with Crippen LogP contribution < -0.4 is 10.6 Å². The van der Waals surface area contributed by atoms with Gasteiger partial charge in [0.1, 0.15) is 11.3 Å². The van der Waals surface area contributed by atoms with Gasteiger partial charge in [0.2, 0.25) is 0 Å². The zero-order chi connectivity index (χ0) is 19.8. The Labute approximate surface area is 160 Å². The quantitative estimate of drug-likeness (QED) is 0.291. The average Bonchev–Trinajstić information content (AvgIpc) is 2.51. The van der Waals surface area contributed by atoms with Crippen molar-refractivity contribution in [3.63, 3.8) is 0 Å². The molecule has 0 bridgehead atoms. The molecule has 0 saturated carbocycles. The van der Waals surface area contributed by atoms with Crippen LogP contribution in [0.2, 0.25) is 5.02 Å². The number of thiocarbonyl (C=S) groups is 1. The molecule has 0 aliphatic heterocycles. The molecule has 0 fully saturated rings. The molecule has 2 rings (SSSR count). The number of hydrogen-bond donors (Lipinski definition) is 2. The minimum absolute atomic E-state index is 0.134. The molecule has 0 saturated heterocycles. The third kappa shape index (κ3) is 4.21. The summed E-state index contributed by atoms with van der Waals surface area (Å²) < 4.78 is 92.9. The van der Waals surface area contributed by atoms with Crippen LogP contribution in [0.15, 0.2) is 22.7 Å². The lowest BCUT2D eigenvalue weighted by atomic mass is 10.1. The molecule has 2 N–H and O–H groups in total. The molecule has 2 aromatic rings. The monoisotopic (exact) mass is 480 g/mol. The van der Waals surface area contributed by atoms with Crippen LogP contribution >= 0.6 is 39.7 Å². The van der Waals surface area contributed by atoms with Gasteiger partial charge in [-0.2, -0.15) is 13.2 Å². The standard InChI is InChI=1S/C14H5BrClF7N2S/c15-4-1-2-6(5(16)3-4)24-13(26)25-12-10(19)8(17)7(14(21,22)23)9(18)11(12)20/h1-3H,(H2,24,25,26). The first-order valence-corrected chi connectivity index (χ1v) is 7.97. The number of halogens is 9. The molecule has 140 valence electrons. The van der Waals surface area contributed by atoms with Crippen molar-refractivity contribution in [2.45, 2.75) is 6.18 Å². The fourth-order valence-electron chi connectivity index (χ4n) is 1.85. The molecule has 0 aromatic heterocycles. The fourth-order valence-corrected chi connectivity index (χ4v) is 2.78. The minimum atomic E-state index is -5.63. The summed E-state index contributed by atoms with van der Waals surface area (Å²) in [6, 6.07) is 4.40. The van der Waals surface area contributed by atoms with Gasteiger partial charge in [-0.1, -0.05) is 27.5 Å². The van der Waals surface area contributed by atoms with Gasteiger partial charge in [0.25, 0.3) is 0 Å². The van der Waals surface area contributed by atoms with Gasteiger partial charge in [-0.15, -0.1) is 0 Å². The summed E-state index contributed by atoms with van der Waals surface area (Å²) in [5, 5.41) is 3.74. The van der Waals surface area contributed by atoms with Crippen molar-refractivity contribution in [3.8, 4) is 0 Å². The van der Waals surface area contributed by atoms with Crippen molar-refractivity contribution in [2.75, 3.05) is 10.6 Å². The summed E-state index contributed by atoms with van der Waals surface area (Å²) >= 11 is 13.8. The molecule has 12 heteroatoms. The topological polar surface area (TPSA) is 24.1 Å². The second-order valence-electron chi connectivity index (χ2n) is 4.71. The Kier molecular flexibility index (Phi) is 6.03. The molecule has 2 aromatic carbocycles. The van der Waals surface area contributed by atoms with Crippen molar-refractivity contribution in [2.24, 2.45) is 0 Å². The molecular weight excluding hydrogens is 477 g/mol. The zero-order valence-electron chi connectivity index (χ0n) is 12.0. The number of nitrogens with one attached hydrogen (secondary N) is 2. The van der Waals surface area contributed by atoms with Crippen molar-refractivity contribution in [1.82, 2.24) is 0 Å². The number of alkyl halides is 3. The van der Waals surface area contributed by atoms with Gasteiger partial charge < -0.3 is 10.6 Å². The molecule has 0 radical (unpaired) electrons. The molecule has 0 atom stereocenters. The van der Waals surface area contributed by atoms with E-state index in [0.29, 0.717) is 4.47 Å². The van der Waals surface area contributed by atoms with Gasteiger partial charge in [0.15, 0.2) is 28.4 Å². The first kappa shape index (κ1) is 20.7. The Morgan fingerprint density at radius 1 is 0.962 bits per heavy atom. The normalized spacial score (nSPS) is 11.4. The first-order valence-electron chi connectivity index (χ1n) is 6.39. The summed E-state index contributed by atoms with van der Waals surface area (Å²) in [5.41, 5.74) is -4.02. The van der Waals surface area contributed by atoms with E-state index in [9.17, 15) is 30.7 Å². The number of anilines is 2. The molecule has 0 amide bonds. The minimum Gasteiger partial charge on any atom is -0.331 e. The predicted molar refractivity (Wildman–Crippen MR) is 90.3 cm³/mol. The van der Waals surface area contributed by atoms with E-state index in [4.69, 9.17) is 23.8 Å². The van der Waals surface area contributed by atoms with Crippen LogP contribution in [0, 0.1) is 23.3 Å². The molecule has 0 unspecified atom stereocenters. The Balaban J connectivity index is 2.36. The van der Waals surface area contributed by atoms with Gasteiger partial charge in [-0.25, -0.2) is 17.6 Å². The van der Waals surface area contributed by atoms with Gasteiger partial charge in [0.05, 0.1) is 10.7 Å². The zero-order valence-corrected chi connectivity index (χ0v) is 15.2. The van der Waals surface area contributed by atoms with Crippen LogP contribution in [0.1, 0.15) is 5.56 Å². The molecule has 0 aliphatic rings. The molecule has 2 nitrogen and oxygen atoms in total. The molecular formula is C14H5BrClF7N2S. The van der Waals surface area contributed by atoms with E-state index < -0.39 is 45.8 Å². The van der Waals surface area contributed by atoms with Gasteiger partial charge in [-0.05, 0) is 30.4 Å². The van der Waals surface area contributed by atoms with Crippen LogP contribution in [-0.4, -0.2) is 5.11 Å². The van der Waals surface area contributed by atoms with E-state index in [-0.39, 0.29) is 10.7 Å². The highest BCUT2D eigenvalue weighted by Crippen LogP contribution is 2.38. The summed E-state index contributed by atoms with van der Waals surface area (Å²) in [6.45, 7) is 0. The Morgan fingerprint density at radius 2 is 1.50 bits per heavy atom. The highest BCUT2D eigenvalue weighted by Gasteiger charge is 2.42. The van der Waals surface area contributed by atoms with Crippen LogP contribution in [0.4, 0.5) is 42.1 Å². The summed E-state index contributed by atoms with van der Waals surface area (Å²) in [5.74, 6) is -9.74. The third-order valence-corrected chi connectivity index (χ3v) is 3.97. The SMILES string of the molecule is Fc1c(F)c(C(F)(F)F)c(F)c(F)c1NC(=S)Nc1ccc(Br)cc1Cl. The van der Waals surface area contributed by atoms with Gasteiger partial charge in [0, 0.05) is 4.47 Å². The fraction of sp³-hybridized carbons (Fsp3) is 0.0714. The lowest BCUT2D eigenvalue weighted by molar-refractivity contribution is -0.143. The first-order chi connectivity index (χ1) is 11.9. The number of benzene rings is 2. The van der Waals surface area contributed by atoms with Gasteiger partial charge in [-0.3, -0.25) is 0 Å². The summed E-state index contributed by atoms with van der Waals surface area (Å²) in [6.07, 6.45) is -5.63. The lowest BCUT2D eigenvalue weighted by Gasteiger charge is -2.16. The van der Waals surface area contributed by atoms with E-state index in [0.717, 1.165) is 0 Å². The second-order valence-corrected chi connectivity index (χ2v) is 6.44. The average molecular weight is 482 g/mol. The predicted octanol–water partition coefficient (Wildman–Crippen LogP) is 6.49. The molecule has 0 aliphatic carbocycles. The van der Waals surface area contributed by atoms with E-state index in [1.165, 1.54) is 18.2 Å². The highest BCUT2D eigenvalue weighted by atomic mass is 79.9. The Bertz CT molecular complexity index is 860. The van der Waals surface area contributed by atoms with E-state index >= 15 is 0 Å². The maximum absolute atomic E-state index is 13.8. The Morgan fingerprint density at radius 3 is 1.96 bits per heavy atom. The lowest BCUT2D eigenvalue weighted by Crippen LogP contribution is -2.23. The summed E-state index contributed by atoms with van der Waals surface area (Å²) in [7, 11) is 0. The second kappa shape index (κ2) is 7.57. The Hall–Kier alpha value is -1.59. The van der Waals surface area contributed by atoms with E-state index in [1.54, 1.807) is 5.32 Å². The maximum Gasteiger partial charge on any atom is 0.422 e. The van der Waals surface area contributed by atoms with E-state index in [2.05, 4.69) is 21.2 Å². The maximum atomic E-state index is 13.8. The van der Waals surface area contributed by atoms with Crippen molar-refractivity contribution < 1.29 is 30.7 Å². The van der Waals surface area contributed by atoms with Crippen molar-refractivity contribution in [3.05, 3.63) is 56.5 Å². The summed E-state index contributed by atoms with van der Waals surface area (Å²) in [4.78, 5) is 0. The van der Waals surface area contributed by atoms with Crippen molar-refractivity contribution >= 4 is 56.2 Å². The van der Waals surface area contributed by atoms with E-state index in [1.807, 2.05) is 0 Å². The smallest absolute Gasteiger partial charge is 0.331 e. The van der Waals surface area contributed by atoms with Crippen molar-refractivity contribution in [1.29, 1.82) is 0 Å². The molecule has 0 spiro atoms. The van der Waals surface area contributed by atoms with Gasteiger partial charge >= 0.3 is 6.18 Å². The molecule has 0 heterocycles. The van der Waals surface area contributed by atoms with Crippen LogP contribution in [-0.2, 0) is 6.18 Å².